The molecule has 8 heteroatoms. The molecule has 2 unspecified atom stereocenters. The number of rotatable bonds is 6. The average Bonchev–Trinajstić information content (AvgIpc) is 3.50. The highest BCUT2D eigenvalue weighted by Crippen LogP contribution is 2.36. The Morgan fingerprint density at radius 1 is 1.26 bits per heavy atom. The van der Waals surface area contributed by atoms with Crippen LogP contribution in [0.1, 0.15) is 57.7 Å². The molecule has 6 nitrogen and oxygen atoms in total. The summed E-state index contributed by atoms with van der Waals surface area (Å²) in [4.78, 5) is 23.7. The number of likely N-dealkylation sites (tertiary alicyclic amines) is 1. The lowest BCUT2D eigenvalue weighted by molar-refractivity contribution is -0.0173. The van der Waals surface area contributed by atoms with E-state index in [0.29, 0.717) is 23.4 Å². The Balaban J connectivity index is 1.14. The number of piperidine rings is 1. The number of para-hydroxylation sites is 1. The minimum Gasteiger partial charge on any atom is -0.378 e. The van der Waals surface area contributed by atoms with Crippen molar-refractivity contribution in [3.63, 3.8) is 0 Å². The lowest BCUT2D eigenvalue weighted by Crippen LogP contribution is -2.41. The van der Waals surface area contributed by atoms with Gasteiger partial charge in [0.05, 0.1) is 10.7 Å². The van der Waals surface area contributed by atoms with Gasteiger partial charge in [0.25, 0.3) is 5.91 Å². The zero-order chi connectivity index (χ0) is 23.7. The van der Waals surface area contributed by atoms with E-state index < -0.39 is 6.23 Å². The van der Waals surface area contributed by atoms with Crippen LogP contribution in [-0.4, -0.2) is 46.4 Å². The summed E-state index contributed by atoms with van der Waals surface area (Å²) >= 11 is 1.48. The number of thiazole rings is 1. The molecule has 2 aliphatic rings. The molecule has 0 spiro atoms. The number of aryl methyl sites for hydroxylation is 1. The van der Waals surface area contributed by atoms with Crippen LogP contribution in [-0.2, 0) is 0 Å². The van der Waals surface area contributed by atoms with E-state index >= 15 is 0 Å². The topological polar surface area (TPSA) is 77.8 Å². The molecule has 2 aromatic carbocycles. The highest BCUT2D eigenvalue weighted by molar-refractivity contribution is 7.10. The smallest absolute Gasteiger partial charge is 0.275 e. The molecule has 3 aromatic rings. The third kappa shape index (κ3) is 4.80. The Bertz CT molecular complexity index is 1220. The lowest BCUT2D eigenvalue weighted by Gasteiger charge is -2.35. The standard InChI is InChI=1S/C26H27FN4O2S/c1-16-6-7-19(13-21(16)27)29-25(33)23-15-34-26(30-23)17-8-10-31(11-9-17)24(32)12-18-14-28-22-5-3-2-4-20(18)22/h2-7,13-15,17-18,24,32H,8-12H2,1H3,(H,29,33). The molecule has 1 aromatic heterocycles. The number of fused-ring (bicyclic) bond motifs is 1. The fraction of sp³-hybridized carbons (Fsp3) is 0.346. The van der Waals surface area contributed by atoms with Gasteiger partial charge in [-0.2, -0.15) is 0 Å². The van der Waals surface area contributed by atoms with Crippen molar-refractivity contribution in [2.24, 2.45) is 4.99 Å². The van der Waals surface area contributed by atoms with Gasteiger partial charge in [0, 0.05) is 42.2 Å². The molecule has 3 heterocycles. The maximum atomic E-state index is 13.8. The summed E-state index contributed by atoms with van der Waals surface area (Å²) < 4.78 is 13.8. The van der Waals surface area contributed by atoms with Gasteiger partial charge in [-0.05, 0) is 55.5 Å². The van der Waals surface area contributed by atoms with Crippen molar-refractivity contribution in [1.82, 2.24) is 9.88 Å². The number of hydrogen-bond donors (Lipinski definition) is 2. The summed E-state index contributed by atoms with van der Waals surface area (Å²) in [7, 11) is 0. The van der Waals surface area contributed by atoms with Crippen molar-refractivity contribution >= 4 is 34.8 Å². The van der Waals surface area contributed by atoms with Crippen LogP contribution in [0, 0.1) is 12.7 Å². The number of anilines is 1. The molecule has 0 bridgehead atoms. The molecule has 1 fully saturated rings. The van der Waals surface area contributed by atoms with Crippen LogP contribution in [0.4, 0.5) is 15.8 Å². The lowest BCUT2D eigenvalue weighted by atomic mass is 9.94. The van der Waals surface area contributed by atoms with Gasteiger partial charge in [0.15, 0.2) is 0 Å². The number of halogens is 1. The first kappa shape index (κ1) is 22.8. The number of aliphatic imine (C=N–C) groups is 1. The molecule has 34 heavy (non-hydrogen) atoms. The monoisotopic (exact) mass is 478 g/mol. The van der Waals surface area contributed by atoms with Crippen molar-refractivity contribution in [2.75, 3.05) is 18.4 Å². The van der Waals surface area contributed by atoms with E-state index in [4.69, 9.17) is 0 Å². The third-order valence-electron chi connectivity index (χ3n) is 6.68. The van der Waals surface area contributed by atoms with Crippen LogP contribution < -0.4 is 5.32 Å². The molecule has 0 radical (unpaired) electrons. The zero-order valence-corrected chi connectivity index (χ0v) is 19.8. The molecule has 2 aliphatic heterocycles. The van der Waals surface area contributed by atoms with Gasteiger partial charge < -0.3 is 10.4 Å². The van der Waals surface area contributed by atoms with Gasteiger partial charge in [0.2, 0.25) is 0 Å². The second-order valence-corrected chi connectivity index (χ2v) is 9.85. The van der Waals surface area contributed by atoms with Crippen LogP contribution in [0.5, 0.6) is 0 Å². The first-order chi connectivity index (χ1) is 16.5. The summed E-state index contributed by atoms with van der Waals surface area (Å²) in [6.07, 6.45) is 3.81. The SMILES string of the molecule is Cc1ccc(NC(=O)c2csc(C3CCN(C(O)CC4C=Nc5ccccc54)CC3)n2)cc1F. The van der Waals surface area contributed by atoms with E-state index in [9.17, 15) is 14.3 Å². The van der Waals surface area contributed by atoms with Crippen LogP contribution >= 0.6 is 11.3 Å². The number of aromatic nitrogens is 1. The first-order valence-electron chi connectivity index (χ1n) is 11.6. The fourth-order valence-corrected chi connectivity index (χ4v) is 5.59. The summed E-state index contributed by atoms with van der Waals surface area (Å²) in [5.41, 5.74) is 3.47. The predicted molar refractivity (Wildman–Crippen MR) is 133 cm³/mol. The minimum absolute atomic E-state index is 0.144. The Morgan fingerprint density at radius 2 is 2.06 bits per heavy atom. The number of carbonyl (C=O) groups excluding carboxylic acids is 1. The van der Waals surface area contributed by atoms with Gasteiger partial charge in [-0.1, -0.05) is 24.3 Å². The van der Waals surface area contributed by atoms with Gasteiger partial charge in [-0.15, -0.1) is 11.3 Å². The average molecular weight is 479 g/mol. The van der Waals surface area contributed by atoms with Crippen molar-refractivity contribution in [1.29, 1.82) is 0 Å². The number of amides is 1. The molecule has 0 aliphatic carbocycles. The fourth-order valence-electron chi connectivity index (χ4n) is 4.62. The second-order valence-electron chi connectivity index (χ2n) is 8.96. The van der Waals surface area contributed by atoms with Gasteiger partial charge in [-0.25, -0.2) is 9.37 Å². The quantitative estimate of drug-likeness (QED) is 0.509. The molecular weight excluding hydrogens is 451 g/mol. The number of aliphatic hydroxyl groups is 1. The van der Waals surface area contributed by atoms with Crippen LogP contribution in [0.15, 0.2) is 52.8 Å². The van der Waals surface area contributed by atoms with Crippen LogP contribution in [0.3, 0.4) is 0 Å². The molecular formula is C26H27FN4O2S. The third-order valence-corrected chi connectivity index (χ3v) is 7.69. The zero-order valence-electron chi connectivity index (χ0n) is 18.9. The summed E-state index contributed by atoms with van der Waals surface area (Å²) in [6.45, 7) is 3.24. The molecule has 176 valence electrons. The highest BCUT2D eigenvalue weighted by Gasteiger charge is 2.29. The molecule has 2 atom stereocenters. The number of nitrogens with zero attached hydrogens (tertiary/aromatic N) is 3. The van der Waals surface area contributed by atoms with Gasteiger partial charge in [-0.3, -0.25) is 14.7 Å². The van der Waals surface area contributed by atoms with Crippen molar-refractivity contribution < 1.29 is 14.3 Å². The second kappa shape index (κ2) is 9.74. The predicted octanol–water partition coefficient (Wildman–Crippen LogP) is 5.23. The Morgan fingerprint density at radius 3 is 2.85 bits per heavy atom. The first-order valence-corrected chi connectivity index (χ1v) is 12.4. The minimum atomic E-state index is -0.518. The van der Waals surface area contributed by atoms with Crippen molar-refractivity contribution in [3.8, 4) is 0 Å². The largest absolute Gasteiger partial charge is 0.378 e. The van der Waals surface area contributed by atoms with E-state index in [-0.39, 0.29) is 23.6 Å². The van der Waals surface area contributed by atoms with Crippen LogP contribution in [0.2, 0.25) is 0 Å². The molecule has 1 amide bonds. The highest BCUT2D eigenvalue weighted by atomic mass is 32.1. The van der Waals surface area contributed by atoms with Crippen molar-refractivity contribution in [2.45, 2.75) is 44.2 Å². The number of benzene rings is 2. The van der Waals surface area contributed by atoms with Gasteiger partial charge >= 0.3 is 0 Å². The Kier molecular flexibility index (Phi) is 6.54. The van der Waals surface area contributed by atoms with Gasteiger partial charge in [0.1, 0.15) is 17.7 Å². The van der Waals surface area contributed by atoms with E-state index in [1.54, 1.807) is 24.4 Å². The Labute approximate surface area is 202 Å². The normalized spacial score (nSPS) is 19.2. The number of nitrogens with one attached hydrogen (secondary N) is 1. The number of hydrogen-bond acceptors (Lipinski definition) is 6. The van der Waals surface area contributed by atoms with E-state index in [2.05, 4.69) is 26.3 Å². The molecule has 5 rings (SSSR count). The maximum Gasteiger partial charge on any atom is 0.275 e. The maximum absolute atomic E-state index is 13.8. The van der Waals surface area contributed by atoms with E-state index in [1.165, 1.54) is 23.0 Å². The summed E-state index contributed by atoms with van der Waals surface area (Å²) in [5, 5.41) is 16.3. The molecule has 2 N–H and O–H groups in total. The Hall–Kier alpha value is -2.94. The van der Waals surface area contributed by atoms with E-state index in [1.807, 2.05) is 24.4 Å². The number of carbonyl (C=O) groups is 1. The van der Waals surface area contributed by atoms with Crippen molar-refractivity contribution in [3.05, 3.63) is 75.5 Å². The van der Waals surface area contributed by atoms with E-state index in [0.717, 1.165) is 36.6 Å². The summed E-state index contributed by atoms with van der Waals surface area (Å²) in [6, 6.07) is 12.7. The number of aliphatic hydroxyl groups excluding tert-OH is 1. The summed E-state index contributed by atoms with van der Waals surface area (Å²) in [5.74, 6) is -0.279. The molecule has 0 saturated carbocycles. The van der Waals surface area contributed by atoms with Crippen LogP contribution in [0.25, 0.3) is 0 Å². The molecule has 1 saturated heterocycles.